The molecule has 2 aromatic rings. The second-order valence-corrected chi connectivity index (χ2v) is 6.00. The van der Waals surface area contributed by atoms with Crippen molar-refractivity contribution in [3.05, 3.63) is 47.5 Å². The minimum absolute atomic E-state index is 0.222. The molecule has 0 radical (unpaired) electrons. The highest BCUT2D eigenvalue weighted by atomic mass is 19.1. The van der Waals surface area contributed by atoms with Gasteiger partial charge in [-0.1, -0.05) is 19.1 Å². The fraction of sp³-hybridized carbons (Fsp3) is 0.444. The molecule has 1 aromatic heterocycles. The molecule has 22 heavy (non-hydrogen) atoms. The molecule has 2 atom stereocenters. The van der Waals surface area contributed by atoms with Crippen LogP contribution in [0, 0.1) is 18.7 Å². The summed E-state index contributed by atoms with van der Waals surface area (Å²) in [5.74, 6) is 1.69. The lowest BCUT2D eigenvalue weighted by Crippen LogP contribution is -2.22. The third-order valence-electron chi connectivity index (χ3n) is 3.73. The van der Waals surface area contributed by atoms with Gasteiger partial charge in [0.1, 0.15) is 17.3 Å². The standard InChI is InChI=1S/C18H24FNO2/c1-12(9-13(2)21)10-20-11-15-7-8-18(22-15)16-5-4-6-17(19)14(16)3/h4-8,12-13,20-21H,9-11H2,1-3H3. The van der Waals surface area contributed by atoms with Crippen molar-refractivity contribution in [3.63, 3.8) is 0 Å². The molecule has 0 spiro atoms. The van der Waals surface area contributed by atoms with Crippen LogP contribution >= 0.6 is 0 Å². The van der Waals surface area contributed by atoms with Gasteiger partial charge < -0.3 is 14.8 Å². The predicted molar refractivity (Wildman–Crippen MR) is 86.0 cm³/mol. The van der Waals surface area contributed by atoms with Gasteiger partial charge in [0.2, 0.25) is 0 Å². The molecule has 0 saturated heterocycles. The summed E-state index contributed by atoms with van der Waals surface area (Å²) in [5.41, 5.74) is 1.38. The zero-order valence-electron chi connectivity index (χ0n) is 13.4. The minimum Gasteiger partial charge on any atom is -0.460 e. The average molecular weight is 305 g/mol. The monoisotopic (exact) mass is 305 g/mol. The van der Waals surface area contributed by atoms with Gasteiger partial charge in [0.15, 0.2) is 0 Å². The highest BCUT2D eigenvalue weighted by molar-refractivity contribution is 5.62. The van der Waals surface area contributed by atoms with E-state index >= 15 is 0 Å². The average Bonchev–Trinajstić information content (AvgIpc) is 2.89. The Morgan fingerprint density at radius 1 is 1.23 bits per heavy atom. The van der Waals surface area contributed by atoms with Crippen LogP contribution in [0.15, 0.2) is 34.7 Å². The van der Waals surface area contributed by atoms with E-state index in [9.17, 15) is 9.50 Å². The number of hydrogen-bond acceptors (Lipinski definition) is 3. The van der Waals surface area contributed by atoms with Crippen LogP contribution < -0.4 is 5.32 Å². The number of rotatable bonds is 7. The smallest absolute Gasteiger partial charge is 0.134 e. The Morgan fingerprint density at radius 2 is 2.00 bits per heavy atom. The summed E-state index contributed by atoms with van der Waals surface area (Å²) >= 11 is 0. The first-order chi connectivity index (χ1) is 10.5. The molecule has 0 aliphatic rings. The van der Waals surface area contributed by atoms with Gasteiger partial charge in [-0.05, 0) is 56.5 Å². The molecule has 3 nitrogen and oxygen atoms in total. The van der Waals surface area contributed by atoms with Crippen molar-refractivity contribution in [1.82, 2.24) is 5.32 Å². The number of benzene rings is 1. The quantitative estimate of drug-likeness (QED) is 0.815. The molecule has 0 aliphatic carbocycles. The van der Waals surface area contributed by atoms with Gasteiger partial charge in [-0.2, -0.15) is 0 Å². The number of aliphatic hydroxyl groups excluding tert-OH is 1. The summed E-state index contributed by atoms with van der Waals surface area (Å²) in [7, 11) is 0. The van der Waals surface area contributed by atoms with Crippen LogP contribution in [0.25, 0.3) is 11.3 Å². The van der Waals surface area contributed by atoms with Crippen LogP contribution in [0.1, 0.15) is 31.6 Å². The van der Waals surface area contributed by atoms with Crippen molar-refractivity contribution in [2.24, 2.45) is 5.92 Å². The summed E-state index contributed by atoms with van der Waals surface area (Å²) < 4.78 is 19.4. The Morgan fingerprint density at radius 3 is 2.73 bits per heavy atom. The lowest BCUT2D eigenvalue weighted by molar-refractivity contribution is 0.163. The van der Waals surface area contributed by atoms with E-state index in [1.54, 1.807) is 19.9 Å². The Bertz CT molecular complexity index is 607. The lowest BCUT2D eigenvalue weighted by atomic mass is 10.0. The normalized spacial score (nSPS) is 14.0. The second kappa shape index (κ2) is 7.56. The predicted octanol–water partition coefficient (Wildman–Crippen LogP) is 3.89. The van der Waals surface area contributed by atoms with E-state index in [1.807, 2.05) is 18.2 Å². The molecule has 0 amide bonds. The van der Waals surface area contributed by atoms with Gasteiger partial charge in [-0.25, -0.2) is 4.39 Å². The summed E-state index contributed by atoms with van der Waals surface area (Å²) in [5, 5.41) is 12.7. The molecule has 0 saturated carbocycles. The first-order valence-electron chi connectivity index (χ1n) is 7.70. The molecule has 120 valence electrons. The van der Waals surface area contributed by atoms with Crippen molar-refractivity contribution in [1.29, 1.82) is 0 Å². The second-order valence-electron chi connectivity index (χ2n) is 6.00. The summed E-state index contributed by atoms with van der Waals surface area (Å²) in [6.45, 7) is 7.10. The minimum atomic E-state index is -0.275. The highest BCUT2D eigenvalue weighted by Gasteiger charge is 2.11. The number of halogens is 1. The third-order valence-corrected chi connectivity index (χ3v) is 3.73. The van der Waals surface area contributed by atoms with Crippen LogP contribution in [0.4, 0.5) is 4.39 Å². The Hall–Kier alpha value is -1.65. The first-order valence-corrected chi connectivity index (χ1v) is 7.70. The van der Waals surface area contributed by atoms with Crippen LogP contribution in [-0.4, -0.2) is 17.8 Å². The van der Waals surface area contributed by atoms with E-state index in [-0.39, 0.29) is 11.9 Å². The fourth-order valence-corrected chi connectivity index (χ4v) is 2.60. The maximum Gasteiger partial charge on any atom is 0.134 e. The van der Waals surface area contributed by atoms with Crippen molar-refractivity contribution >= 4 is 0 Å². The molecule has 0 aliphatic heterocycles. The van der Waals surface area contributed by atoms with Crippen molar-refractivity contribution in [2.45, 2.75) is 39.8 Å². The number of hydrogen-bond donors (Lipinski definition) is 2. The highest BCUT2D eigenvalue weighted by Crippen LogP contribution is 2.26. The molecule has 1 heterocycles. The zero-order valence-corrected chi connectivity index (χ0v) is 13.4. The largest absolute Gasteiger partial charge is 0.460 e. The molecule has 2 N–H and O–H groups in total. The van der Waals surface area contributed by atoms with Crippen LogP contribution in [0.5, 0.6) is 0 Å². The van der Waals surface area contributed by atoms with Crippen molar-refractivity contribution < 1.29 is 13.9 Å². The Balaban J connectivity index is 1.93. The molecular formula is C18H24FNO2. The van der Waals surface area contributed by atoms with Gasteiger partial charge in [0.25, 0.3) is 0 Å². The number of furan rings is 1. The zero-order chi connectivity index (χ0) is 16.1. The van der Waals surface area contributed by atoms with E-state index < -0.39 is 0 Å². The van der Waals surface area contributed by atoms with Crippen LogP contribution in [0.3, 0.4) is 0 Å². The van der Waals surface area contributed by atoms with Gasteiger partial charge in [0, 0.05) is 5.56 Å². The topological polar surface area (TPSA) is 45.4 Å². The van der Waals surface area contributed by atoms with E-state index in [1.165, 1.54) is 6.07 Å². The van der Waals surface area contributed by atoms with E-state index in [4.69, 9.17) is 4.42 Å². The lowest BCUT2D eigenvalue weighted by Gasteiger charge is -2.13. The maximum absolute atomic E-state index is 13.6. The van der Waals surface area contributed by atoms with E-state index in [2.05, 4.69) is 12.2 Å². The van der Waals surface area contributed by atoms with E-state index in [0.29, 0.717) is 23.8 Å². The molecule has 0 bridgehead atoms. The first kappa shape index (κ1) is 16.7. The van der Waals surface area contributed by atoms with Gasteiger partial charge in [0.05, 0.1) is 12.6 Å². The van der Waals surface area contributed by atoms with Crippen LogP contribution in [0.2, 0.25) is 0 Å². The SMILES string of the molecule is Cc1c(F)cccc1-c1ccc(CNCC(C)CC(C)O)o1. The molecule has 2 unspecified atom stereocenters. The van der Waals surface area contributed by atoms with Crippen LogP contribution in [-0.2, 0) is 6.54 Å². The van der Waals surface area contributed by atoms with Gasteiger partial charge in [-0.3, -0.25) is 0 Å². The van der Waals surface area contributed by atoms with E-state index in [0.717, 1.165) is 24.3 Å². The Kier molecular flexibility index (Phi) is 5.75. The Labute approximate surface area is 131 Å². The molecule has 1 aromatic carbocycles. The third kappa shape index (κ3) is 4.42. The number of nitrogens with one attached hydrogen (secondary N) is 1. The number of aliphatic hydroxyl groups is 1. The summed E-state index contributed by atoms with van der Waals surface area (Å²) in [6.07, 6.45) is 0.502. The molecule has 2 rings (SSSR count). The van der Waals surface area contributed by atoms with Crippen molar-refractivity contribution in [3.8, 4) is 11.3 Å². The molecular weight excluding hydrogens is 281 g/mol. The molecule has 4 heteroatoms. The summed E-state index contributed by atoms with van der Waals surface area (Å²) in [4.78, 5) is 0. The molecule has 0 fully saturated rings. The fourth-order valence-electron chi connectivity index (χ4n) is 2.60. The van der Waals surface area contributed by atoms with Crippen molar-refractivity contribution in [2.75, 3.05) is 6.54 Å². The maximum atomic E-state index is 13.6. The summed E-state index contributed by atoms with van der Waals surface area (Å²) in [6, 6.07) is 8.78. The van der Waals surface area contributed by atoms with Gasteiger partial charge in [-0.15, -0.1) is 0 Å². The van der Waals surface area contributed by atoms with Gasteiger partial charge >= 0.3 is 0 Å².